The van der Waals surface area contributed by atoms with Gasteiger partial charge in [-0.2, -0.15) is 0 Å². The zero-order chi connectivity index (χ0) is 34.4. The second kappa shape index (κ2) is 12.5. The lowest BCUT2D eigenvalue weighted by atomic mass is 9.96. The van der Waals surface area contributed by atoms with Crippen LogP contribution in [-0.2, 0) is 0 Å². The monoisotopic (exact) mass is 667 g/mol. The number of allylic oxidation sites excluding steroid dienone is 2. The average Bonchev–Trinajstić information content (AvgIpc) is 3.21. The van der Waals surface area contributed by atoms with E-state index in [4.69, 9.17) is 15.0 Å². The lowest BCUT2D eigenvalue weighted by Gasteiger charge is -2.42. The normalized spacial score (nSPS) is 17.9. The Morgan fingerprint density at radius 3 is 1.75 bits per heavy atom. The minimum Gasteiger partial charge on any atom is -0.360 e. The van der Waals surface area contributed by atoms with Crippen LogP contribution in [0.25, 0.3) is 32.9 Å². The van der Waals surface area contributed by atoms with Gasteiger partial charge in [0.2, 0.25) is 5.96 Å². The first-order valence-electron chi connectivity index (χ1n) is 17.7. The van der Waals surface area contributed by atoms with Gasteiger partial charge in [0.05, 0.1) is 17.1 Å². The fourth-order valence-corrected chi connectivity index (χ4v) is 7.33. The van der Waals surface area contributed by atoms with Crippen molar-refractivity contribution < 1.29 is 0 Å². The van der Waals surface area contributed by atoms with Crippen molar-refractivity contribution in [2.45, 2.75) is 12.3 Å². The maximum absolute atomic E-state index is 5.10. The molecule has 5 nitrogen and oxygen atoms in total. The smallest absolute Gasteiger partial charge is 0.230 e. The van der Waals surface area contributed by atoms with Crippen LogP contribution in [0.4, 0.5) is 0 Å². The number of benzene rings is 7. The summed E-state index contributed by atoms with van der Waals surface area (Å²) in [5.41, 5.74) is 10.6. The molecule has 0 spiro atoms. The molecule has 0 amide bonds. The summed E-state index contributed by atoms with van der Waals surface area (Å²) in [6.07, 6.45) is 4.00. The van der Waals surface area contributed by atoms with Gasteiger partial charge in [-0.3, -0.25) is 9.89 Å². The van der Waals surface area contributed by atoms with Crippen molar-refractivity contribution in [3.63, 3.8) is 0 Å². The highest BCUT2D eigenvalue weighted by Crippen LogP contribution is 2.42. The Hall–Kier alpha value is -6.85. The molecule has 3 aliphatic heterocycles. The van der Waals surface area contributed by atoms with E-state index in [-0.39, 0.29) is 12.3 Å². The molecule has 2 unspecified atom stereocenters. The number of rotatable bonds is 6. The van der Waals surface area contributed by atoms with Gasteiger partial charge < -0.3 is 5.32 Å². The van der Waals surface area contributed by atoms with Gasteiger partial charge in [-0.05, 0) is 73.6 Å². The Kier molecular flexibility index (Phi) is 7.21. The fraction of sp³-hybridized carbons (Fsp3) is 0.0426. The summed E-state index contributed by atoms with van der Waals surface area (Å²) in [5, 5.41) is 8.52. The zero-order valence-electron chi connectivity index (χ0n) is 28.3. The van der Waals surface area contributed by atoms with Gasteiger partial charge in [-0.25, -0.2) is 9.98 Å². The minimum absolute atomic E-state index is 0.185. The maximum atomic E-state index is 5.10. The molecule has 0 bridgehead atoms. The molecule has 0 radical (unpaired) electrons. The summed E-state index contributed by atoms with van der Waals surface area (Å²) in [4.78, 5) is 17.6. The average molecular weight is 668 g/mol. The highest BCUT2D eigenvalue weighted by molar-refractivity contribution is 6.22. The highest BCUT2D eigenvalue weighted by atomic mass is 15.4. The standard InChI is InChI=1S/C47H33N5/c1-3-13-33(14-4-1)41-29-42(49-45(48-41)35-15-5-2-6-16-35)34-21-23-36(24-22-34)46-51-47-50-43(39-25-19-31-11-7-9-17-37(31)27-39)30-44(52(46)47)40-26-20-32-12-8-10-18-38(32)28-40/h1-30,45-46,49H. The summed E-state index contributed by atoms with van der Waals surface area (Å²) < 4.78 is 0. The summed E-state index contributed by atoms with van der Waals surface area (Å²) in [6, 6.07) is 59.7. The number of fused-ring (bicyclic) bond motifs is 3. The van der Waals surface area contributed by atoms with Gasteiger partial charge in [-0.1, -0.05) is 158 Å². The van der Waals surface area contributed by atoms with E-state index in [1.807, 2.05) is 12.1 Å². The third-order valence-corrected chi connectivity index (χ3v) is 10.1. The second-order valence-electron chi connectivity index (χ2n) is 13.3. The Labute approximate surface area is 302 Å². The van der Waals surface area contributed by atoms with E-state index in [1.54, 1.807) is 0 Å². The topological polar surface area (TPSA) is 52.4 Å². The first kappa shape index (κ1) is 30.0. The maximum Gasteiger partial charge on any atom is 0.230 e. The lowest BCUT2D eigenvalue weighted by Crippen LogP contribution is -2.43. The molecule has 1 N–H and O–H groups in total. The number of nitrogens with one attached hydrogen (secondary N) is 1. The van der Waals surface area contributed by atoms with Gasteiger partial charge >= 0.3 is 0 Å². The molecule has 2 atom stereocenters. The van der Waals surface area contributed by atoms with Crippen molar-refractivity contribution in [2.24, 2.45) is 15.0 Å². The molecular weight excluding hydrogens is 635 g/mol. The van der Waals surface area contributed by atoms with E-state index in [2.05, 4.69) is 180 Å². The van der Waals surface area contributed by atoms with Gasteiger partial charge in [0.1, 0.15) is 6.17 Å². The molecule has 0 saturated carbocycles. The molecular formula is C47H33N5. The summed E-state index contributed by atoms with van der Waals surface area (Å²) in [6.45, 7) is 0. The summed E-state index contributed by atoms with van der Waals surface area (Å²) in [7, 11) is 0. The first-order chi connectivity index (χ1) is 25.7. The van der Waals surface area contributed by atoms with Gasteiger partial charge in [0.25, 0.3) is 0 Å². The molecule has 0 aliphatic carbocycles. The van der Waals surface area contributed by atoms with E-state index >= 15 is 0 Å². The van der Waals surface area contributed by atoms with Crippen molar-refractivity contribution in [3.8, 4) is 0 Å². The predicted molar refractivity (Wildman–Crippen MR) is 214 cm³/mol. The molecule has 3 aliphatic rings. The van der Waals surface area contributed by atoms with Gasteiger partial charge in [-0.15, -0.1) is 0 Å². The highest BCUT2D eigenvalue weighted by Gasteiger charge is 2.38. The van der Waals surface area contributed by atoms with Crippen LogP contribution >= 0.6 is 0 Å². The van der Waals surface area contributed by atoms with E-state index in [1.165, 1.54) is 21.5 Å². The SMILES string of the molecule is C1=C(c2ccc(C3N=C4N=C(c5ccc6ccccc6c5)C=C(c5ccc6ccccc6c5)N43)cc2)NC(c2ccccc2)N=C1c1ccccc1. The minimum atomic E-state index is -0.187. The molecule has 52 heavy (non-hydrogen) atoms. The van der Waals surface area contributed by atoms with Crippen LogP contribution in [-0.4, -0.2) is 22.3 Å². The van der Waals surface area contributed by atoms with Crippen LogP contribution < -0.4 is 5.32 Å². The third kappa shape index (κ3) is 5.40. The Morgan fingerprint density at radius 1 is 0.442 bits per heavy atom. The van der Waals surface area contributed by atoms with Crippen LogP contribution in [0.1, 0.15) is 45.7 Å². The Morgan fingerprint density at radius 2 is 1.04 bits per heavy atom. The number of guanidine groups is 1. The molecule has 10 rings (SSSR count). The Balaban J connectivity index is 1.01. The lowest BCUT2D eigenvalue weighted by molar-refractivity contribution is 0.377. The van der Waals surface area contributed by atoms with Crippen molar-refractivity contribution >= 4 is 50.3 Å². The van der Waals surface area contributed by atoms with Crippen molar-refractivity contribution in [1.29, 1.82) is 0 Å². The summed E-state index contributed by atoms with van der Waals surface area (Å²) >= 11 is 0. The second-order valence-corrected chi connectivity index (χ2v) is 13.3. The van der Waals surface area contributed by atoms with Crippen molar-refractivity contribution in [3.05, 3.63) is 215 Å². The quantitative estimate of drug-likeness (QED) is 0.192. The van der Waals surface area contributed by atoms with E-state index in [0.717, 1.165) is 62.2 Å². The van der Waals surface area contributed by atoms with Crippen LogP contribution in [0.2, 0.25) is 0 Å². The predicted octanol–water partition coefficient (Wildman–Crippen LogP) is 10.3. The Bertz CT molecular complexity index is 2650. The van der Waals surface area contributed by atoms with Gasteiger partial charge in [0, 0.05) is 11.3 Å². The van der Waals surface area contributed by atoms with Crippen LogP contribution in [0.15, 0.2) is 197 Å². The zero-order valence-corrected chi connectivity index (χ0v) is 28.3. The molecule has 3 heterocycles. The van der Waals surface area contributed by atoms with Crippen LogP contribution in [0, 0.1) is 0 Å². The molecule has 7 aromatic rings. The van der Waals surface area contributed by atoms with E-state index in [0.29, 0.717) is 0 Å². The van der Waals surface area contributed by atoms with Crippen molar-refractivity contribution in [1.82, 2.24) is 10.2 Å². The van der Waals surface area contributed by atoms with Crippen LogP contribution in [0.5, 0.6) is 0 Å². The molecule has 0 aromatic heterocycles. The number of aliphatic imine (C=N–C) groups is 3. The molecule has 0 saturated heterocycles. The largest absolute Gasteiger partial charge is 0.360 e. The number of nitrogens with zero attached hydrogens (tertiary/aromatic N) is 4. The number of hydrogen-bond donors (Lipinski definition) is 1. The number of hydrogen-bond acceptors (Lipinski definition) is 5. The van der Waals surface area contributed by atoms with Crippen molar-refractivity contribution in [2.75, 3.05) is 0 Å². The summed E-state index contributed by atoms with van der Waals surface area (Å²) in [5.74, 6) is 0.731. The van der Waals surface area contributed by atoms with Gasteiger partial charge in [0.15, 0.2) is 6.17 Å². The van der Waals surface area contributed by atoms with E-state index < -0.39 is 0 Å². The fourth-order valence-electron chi connectivity index (χ4n) is 7.33. The molecule has 7 aromatic carbocycles. The molecule has 0 fully saturated rings. The molecule has 5 heteroatoms. The van der Waals surface area contributed by atoms with Crippen LogP contribution in [0.3, 0.4) is 0 Å². The van der Waals surface area contributed by atoms with E-state index in [9.17, 15) is 0 Å². The molecule has 246 valence electrons. The third-order valence-electron chi connectivity index (χ3n) is 10.1. The first-order valence-corrected chi connectivity index (χ1v) is 17.7.